The Hall–Kier alpha value is -2.14. The number of aryl methyl sites for hydroxylation is 1. The van der Waals surface area contributed by atoms with Gasteiger partial charge in [0, 0.05) is 7.05 Å². The Kier molecular flexibility index (Phi) is 4.43. The Morgan fingerprint density at radius 3 is 2.33 bits per heavy atom. The number of thiophene rings is 1. The molecule has 0 bridgehead atoms. The Morgan fingerprint density at radius 2 is 1.76 bits per heavy atom. The first-order chi connectivity index (χ1) is 9.91. The molecule has 0 radical (unpaired) electrons. The van der Waals surface area contributed by atoms with Crippen LogP contribution in [0, 0.1) is 6.92 Å². The van der Waals surface area contributed by atoms with Crippen molar-refractivity contribution in [3.63, 3.8) is 0 Å². The second-order valence-corrected chi connectivity index (χ2v) is 6.00. The smallest absolute Gasteiger partial charge is 0.345 e. The van der Waals surface area contributed by atoms with E-state index in [0.717, 1.165) is 22.5 Å². The number of carbonyl (C=O) groups excluding carboxylic acids is 1. The molecule has 0 saturated carbocycles. The summed E-state index contributed by atoms with van der Waals surface area (Å²) in [5.74, 6) is -1.17. The minimum atomic E-state index is -1.01. The summed E-state index contributed by atoms with van der Waals surface area (Å²) in [5, 5.41) is 8.93. The lowest BCUT2D eigenvalue weighted by molar-refractivity contribution is 0.0701. The van der Waals surface area contributed by atoms with E-state index in [1.54, 1.807) is 18.0 Å². The van der Waals surface area contributed by atoms with Gasteiger partial charge in [0.1, 0.15) is 4.88 Å². The van der Waals surface area contributed by atoms with Crippen molar-refractivity contribution >= 4 is 23.2 Å². The largest absolute Gasteiger partial charge is 0.477 e. The zero-order chi connectivity index (χ0) is 15.6. The van der Waals surface area contributed by atoms with Gasteiger partial charge in [-0.3, -0.25) is 4.79 Å². The lowest BCUT2D eigenvalue weighted by atomic mass is 10.0. The number of aromatic carboxylic acids is 1. The summed E-state index contributed by atoms with van der Waals surface area (Å²) in [4.78, 5) is 25.6. The van der Waals surface area contributed by atoms with Crippen molar-refractivity contribution < 1.29 is 14.7 Å². The molecule has 2 rings (SSSR count). The second kappa shape index (κ2) is 6.10. The molecule has 0 fully saturated rings. The van der Waals surface area contributed by atoms with Gasteiger partial charge >= 0.3 is 5.97 Å². The molecule has 1 unspecified atom stereocenters. The number of carboxylic acid groups (broad SMARTS) is 1. The molecule has 0 aliphatic rings. The fourth-order valence-corrected chi connectivity index (χ4v) is 3.01. The van der Waals surface area contributed by atoms with Crippen molar-refractivity contribution in [3.8, 4) is 0 Å². The molecule has 1 N–H and O–H groups in total. The van der Waals surface area contributed by atoms with Crippen LogP contribution in [0.2, 0.25) is 0 Å². The van der Waals surface area contributed by atoms with Gasteiger partial charge in [-0.2, -0.15) is 0 Å². The van der Waals surface area contributed by atoms with Gasteiger partial charge < -0.3 is 10.0 Å². The zero-order valence-corrected chi connectivity index (χ0v) is 13.0. The van der Waals surface area contributed by atoms with Crippen LogP contribution < -0.4 is 0 Å². The number of carbonyl (C=O) groups is 2. The molecule has 110 valence electrons. The van der Waals surface area contributed by atoms with E-state index in [-0.39, 0.29) is 16.8 Å². The number of amides is 1. The average Bonchev–Trinajstić information content (AvgIpc) is 2.95. The van der Waals surface area contributed by atoms with Crippen LogP contribution in [0.15, 0.2) is 36.4 Å². The number of benzene rings is 1. The van der Waals surface area contributed by atoms with Crippen molar-refractivity contribution in [1.29, 1.82) is 0 Å². The predicted molar refractivity (Wildman–Crippen MR) is 83.0 cm³/mol. The van der Waals surface area contributed by atoms with Crippen LogP contribution in [0.4, 0.5) is 0 Å². The molecule has 0 aliphatic carbocycles. The average molecular weight is 303 g/mol. The predicted octanol–water partition coefficient (Wildman–Crippen LogP) is 3.59. The van der Waals surface area contributed by atoms with E-state index in [4.69, 9.17) is 5.11 Å². The fourth-order valence-electron chi connectivity index (χ4n) is 2.18. The second-order valence-electron chi connectivity index (χ2n) is 4.92. The number of carboxylic acids is 1. The third-order valence-electron chi connectivity index (χ3n) is 3.57. The van der Waals surface area contributed by atoms with E-state index in [1.807, 2.05) is 38.1 Å². The highest BCUT2D eigenvalue weighted by Gasteiger charge is 2.22. The molecule has 2 aromatic rings. The van der Waals surface area contributed by atoms with Gasteiger partial charge in [-0.1, -0.05) is 24.3 Å². The molecule has 1 aromatic carbocycles. The standard InChI is InChI=1S/C16H17NO3S/c1-10-6-4-5-7-12(10)11(2)17(3)15(18)13-8-9-14(21-13)16(19)20/h4-9,11H,1-3H3,(H,19,20). The number of hydrogen-bond donors (Lipinski definition) is 1. The topological polar surface area (TPSA) is 57.6 Å². The summed E-state index contributed by atoms with van der Waals surface area (Å²) < 4.78 is 0. The first-order valence-corrected chi connectivity index (χ1v) is 7.39. The molecule has 1 heterocycles. The molecule has 1 atom stereocenters. The van der Waals surface area contributed by atoms with Gasteiger partial charge in [-0.25, -0.2) is 4.79 Å². The molecular weight excluding hydrogens is 286 g/mol. The molecule has 1 aromatic heterocycles. The molecule has 1 amide bonds. The number of rotatable bonds is 4. The van der Waals surface area contributed by atoms with E-state index in [2.05, 4.69) is 0 Å². The maximum absolute atomic E-state index is 12.5. The molecule has 5 heteroatoms. The highest BCUT2D eigenvalue weighted by Crippen LogP contribution is 2.25. The maximum Gasteiger partial charge on any atom is 0.345 e. The minimum absolute atomic E-state index is 0.0749. The van der Waals surface area contributed by atoms with Crippen LogP contribution >= 0.6 is 11.3 Å². The minimum Gasteiger partial charge on any atom is -0.477 e. The quantitative estimate of drug-likeness (QED) is 0.939. The fraction of sp³-hybridized carbons (Fsp3) is 0.250. The number of nitrogens with zero attached hydrogens (tertiary/aromatic N) is 1. The summed E-state index contributed by atoms with van der Waals surface area (Å²) in [5.41, 5.74) is 2.21. The van der Waals surface area contributed by atoms with Crippen molar-refractivity contribution in [2.45, 2.75) is 19.9 Å². The van der Waals surface area contributed by atoms with Crippen molar-refractivity contribution in [2.75, 3.05) is 7.05 Å². The van der Waals surface area contributed by atoms with E-state index < -0.39 is 5.97 Å². The van der Waals surface area contributed by atoms with Gasteiger partial charge in [0.2, 0.25) is 0 Å². The third kappa shape index (κ3) is 3.13. The molecule has 0 spiro atoms. The van der Waals surface area contributed by atoms with Gasteiger partial charge in [-0.05, 0) is 37.1 Å². The monoisotopic (exact) mass is 303 g/mol. The van der Waals surface area contributed by atoms with Gasteiger partial charge in [-0.15, -0.1) is 11.3 Å². The van der Waals surface area contributed by atoms with Gasteiger partial charge in [0.05, 0.1) is 10.9 Å². The summed E-state index contributed by atoms with van der Waals surface area (Å²) in [6, 6.07) is 10.9. The van der Waals surface area contributed by atoms with Crippen LogP contribution in [-0.2, 0) is 0 Å². The molecule has 0 aliphatic heterocycles. The summed E-state index contributed by atoms with van der Waals surface area (Å²) in [6.45, 7) is 3.98. The van der Waals surface area contributed by atoms with Crippen LogP contribution in [0.1, 0.15) is 43.4 Å². The van der Waals surface area contributed by atoms with E-state index >= 15 is 0 Å². The van der Waals surface area contributed by atoms with Crippen molar-refractivity contribution in [1.82, 2.24) is 4.90 Å². The van der Waals surface area contributed by atoms with Crippen LogP contribution in [0.25, 0.3) is 0 Å². The molecular formula is C16H17NO3S. The first kappa shape index (κ1) is 15.3. The van der Waals surface area contributed by atoms with Crippen LogP contribution in [0.5, 0.6) is 0 Å². The lowest BCUT2D eigenvalue weighted by Crippen LogP contribution is -2.29. The molecule has 0 saturated heterocycles. The van der Waals surface area contributed by atoms with Crippen molar-refractivity contribution in [2.24, 2.45) is 0 Å². The third-order valence-corrected chi connectivity index (χ3v) is 4.63. The highest BCUT2D eigenvalue weighted by atomic mass is 32.1. The highest BCUT2D eigenvalue weighted by molar-refractivity contribution is 7.15. The van der Waals surface area contributed by atoms with Crippen LogP contribution in [-0.4, -0.2) is 28.9 Å². The van der Waals surface area contributed by atoms with E-state index in [9.17, 15) is 9.59 Å². The normalized spacial score (nSPS) is 12.0. The zero-order valence-electron chi connectivity index (χ0n) is 12.2. The first-order valence-electron chi connectivity index (χ1n) is 6.57. The van der Waals surface area contributed by atoms with E-state index in [1.165, 1.54) is 6.07 Å². The van der Waals surface area contributed by atoms with Crippen molar-refractivity contribution in [3.05, 3.63) is 57.3 Å². The van der Waals surface area contributed by atoms with Gasteiger partial charge in [0.25, 0.3) is 5.91 Å². The summed E-state index contributed by atoms with van der Waals surface area (Å²) >= 11 is 1.00. The van der Waals surface area contributed by atoms with Crippen LogP contribution in [0.3, 0.4) is 0 Å². The molecule has 4 nitrogen and oxygen atoms in total. The number of hydrogen-bond acceptors (Lipinski definition) is 3. The summed E-state index contributed by atoms with van der Waals surface area (Å²) in [7, 11) is 1.74. The van der Waals surface area contributed by atoms with E-state index in [0.29, 0.717) is 4.88 Å². The van der Waals surface area contributed by atoms with Gasteiger partial charge in [0.15, 0.2) is 0 Å². The molecule has 21 heavy (non-hydrogen) atoms. The maximum atomic E-state index is 12.5. The SMILES string of the molecule is Cc1ccccc1C(C)N(C)C(=O)c1ccc(C(=O)O)s1. The Bertz CT molecular complexity index is 678. The summed E-state index contributed by atoms with van der Waals surface area (Å²) in [6.07, 6.45) is 0. The Morgan fingerprint density at radius 1 is 1.14 bits per heavy atom. The lowest BCUT2D eigenvalue weighted by Gasteiger charge is -2.26. The Labute approximate surface area is 127 Å². The Balaban J connectivity index is 2.22.